The van der Waals surface area contributed by atoms with E-state index in [4.69, 9.17) is 9.47 Å². The van der Waals surface area contributed by atoms with Gasteiger partial charge < -0.3 is 14.8 Å². The molecule has 11 heteroatoms. The number of carbonyl (C=O) groups is 1. The lowest BCUT2D eigenvalue weighted by atomic mass is 10.1. The molecule has 2 rings (SSSR count). The van der Waals surface area contributed by atoms with Crippen molar-refractivity contribution in [2.75, 3.05) is 31.3 Å². The van der Waals surface area contributed by atoms with Gasteiger partial charge in [-0.15, -0.1) is 0 Å². The highest BCUT2D eigenvalue weighted by atomic mass is 32.2. The zero-order valence-electron chi connectivity index (χ0n) is 18.4. The van der Waals surface area contributed by atoms with Crippen LogP contribution in [0.3, 0.4) is 0 Å². The second-order valence-corrected chi connectivity index (χ2v) is 8.99. The minimum Gasteiger partial charge on any atom is -0.496 e. The summed E-state index contributed by atoms with van der Waals surface area (Å²) in [4.78, 5) is 22.9. The summed E-state index contributed by atoms with van der Waals surface area (Å²) in [5, 5.41) is 14.0. The molecule has 0 aromatic heterocycles. The van der Waals surface area contributed by atoms with Crippen molar-refractivity contribution in [1.82, 2.24) is 5.32 Å². The van der Waals surface area contributed by atoms with Crippen LogP contribution in [0.5, 0.6) is 11.5 Å². The number of para-hydroxylation sites is 1. The molecule has 1 atom stereocenters. The predicted octanol–water partition coefficient (Wildman–Crippen LogP) is 3.04. The molecule has 0 saturated carbocycles. The molecule has 0 radical (unpaired) electrons. The first kappa shape index (κ1) is 24.9. The number of nitro groups is 1. The van der Waals surface area contributed by atoms with Gasteiger partial charge in [-0.25, -0.2) is 8.42 Å². The third-order valence-electron chi connectivity index (χ3n) is 4.79. The Morgan fingerprint density at radius 1 is 1.16 bits per heavy atom. The van der Waals surface area contributed by atoms with Crippen LogP contribution in [0.25, 0.3) is 0 Å². The summed E-state index contributed by atoms with van der Waals surface area (Å²) in [7, 11) is -0.888. The molecular formula is C21H27N3O7S. The molecule has 32 heavy (non-hydrogen) atoms. The van der Waals surface area contributed by atoms with E-state index in [1.165, 1.54) is 19.2 Å². The standard InChI is InChI=1S/C21H27N3O7S/c1-15(17-8-5-6-9-19(17)30-2)22-21(25)10-7-13-23(32(4,28)29)18-14-16(24(26)27)11-12-20(18)31-3/h5-6,8-9,11-12,14-15H,7,10,13H2,1-4H3,(H,22,25)/t15-/m0/s1. The SMILES string of the molecule is COc1ccccc1[C@H](C)NC(=O)CCCN(c1cc([N+](=O)[O-])ccc1OC)S(C)(=O)=O. The fourth-order valence-electron chi connectivity index (χ4n) is 3.25. The number of nitrogens with zero attached hydrogens (tertiary/aromatic N) is 2. The highest BCUT2D eigenvalue weighted by molar-refractivity contribution is 7.92. The lowest BCUT2D eigenvalue weighted by Crippen LogP contribution is -2.33. The van der Waals surface area contributed by atoms with Crippen molar-refractivity contribution in [2.24, 2.45) is 0 Å². The zero-order valence-corrected chi connectivity index (χ0v) is 19.2. The molecule has 0 heterocycles. The molecule has 0 fully saturated rings. The van der Waals surface area contributed by atoms with Crippen LogP contribution >= 0.6 is 0 Å². The molecule has 2 aromatic carbocycles. The van der Waals surface area contributed by atoms with Crippen molar-refractivity contribution in [2.45, 2.75) is 25.8 Å². The van der Waals surface area contributed by atoms with E-state index in [1.807, 2.05) is 25.1 Å². The van der Waals surface area contributed by atoms with Crippen molar-refractivity contribution >= 4 is 27.3 Å². The number of ether oxygens (including phenoxy) is 2. The Bertz CT molecular complexity index is 1070. The first-order valence-corrected chi connectivity index (χ1v) is 11.7. The average molecular weight is 466 g/mol. The molecule has 0 bridgehead atoms. The summed E-state index contributed by atoms with van der Waals surface area (Å²) < 4.78 is 36.3. The Hall–Kier alpha value is -3.34. The molecule has 0 aliphatic heterocycles. The van der Waals surface area contributed by atoms with Crippen LogP contribution in [0, 0.1) is 10.1 Å². The van der Waals surface area contributed by atoms with Gasteiger partial charge in [0.1, 0.15) is 17.2 Å². The monoisotopic (exact) mass is 465 g/mol. The second-order valence-electron chi connectivity index (χ2n) is 7.08. The lowest BCUT2D eigenvalue weighted by Gasteiger charge is -2.24. The van der Waals surface area contributed by atoms with Crippen molar-refractivity contribution in [3.05, 3.63) is 58.1 Å². The molecule has 0 aliphatic carbocycles. The number of anilines is 1. The quantitative estimate of drug-likeness (QED) is 0.399. The van der Waals surface area contributed by atoms with Gasteiger partial charge in [0.25, 0.3) is 5.69 Å². The van der Waals surface area contributed by atoms with Crippen LogP contribution in [0.4, 0.5) is 11.4 Å². The molecule has 0 spiro atoms. The van der Waals surface area contributed by atoms with Crippen LogP contribution in [-0.4, -0.2) is 46.3 Å². The fourth-order valence-corrected chi connectivity index (χ4v) is 4.21. The molecule has 0 unspecified atom stereocenters. The number of carbonyl (C=O) groups excluding carboxylic acids is 1. The number of hydrogen-bond acceptors (Lipinski definition) is 7. The topological polar surface area (TPSA) is 128 Å². The fraction of sp³-hybridized carbons (Fsp3) is 0.381. The van der Waals surface area contributed by atoms with E-state index in [9.17, 15) is 23.3 Å². The molecule has 1 N–H and O–H groups in total. The summed E-state index contributed by atoms with van der Waals surface area (Å²) in [5.74, 6) is 0.569. The van der Waals surface area contributed by atoms with Gasteiger partial charge in [-0.2, -0.15) is 0 Å². The van der Waals surface area contributed by atoms with Gasteiger partial charge in [0.2, 0.25) is 15.9 Å². The zero-order chi connectivity index (χ0) is 23.9. The Kier molecular flexibility index (Phi) is 8.41. The van der Waals surface area contributed by atoms with Gasteiger partial charge in [0, 0.05) is 30.7 Å². The molecule has 2 aromatic rings. The maximum atomic E-state index is 12.4. The average Bonchev–Trinajstić information content (AvgIpc) is 2.75. The number of non-ortho nitro benzene ring substituents is 1. The lowest BCUT2D eigenvalue weighted by molar-refractivity contribution is -0.384. The number of hydrogen-bond donors (Lipinski definition) is 1. The molecule has 174 valence electrons. The van der Waals surface area contributed by atoms with E-state index in [-0.39, 0.29) is 48.5 Å². The Balaban J connectivity index is 2.10. The van der Waals surface area contributed by atoms with E-state index < -0.39 is 14.9 Å². The number of amides is 1. The number of sulfonamides is 1. The summed E-state index contributed by atoms with van der Waals surface area (Å²) in [6.45, 7) is 1.78. The third-order valence-corrected chi connectivity index (χ3v) is 5.97. The normalized spacial score (nSPS) is 12.0. The first-order valence-electron chi connectivity index (χ1n) is 9.81. The van der Waals surface area contributed by atoms with Crippen LogP contribution in [0.15, 0.2) is 42.5 Å². The molecule has 0 saturated heterocycles. The third kappa shape index (κ3) is 6.33. The minimum absolute atomic E-state index is 0.0481. The smallest absolute Gasteiger partial charge is 0.271 e. The van der Waals surface area contributed by atoms with Crippen LogP contribution in [-0.2, 0) is 14.8 Å². The van der Waals surface area contributed by atoms with Gasteiger partial charge >= 0.3 is 0 Å². The summed E-state index contributed by atoms with van der Waals surface area (Å²) in [6, 6.07) is 10.7. The van der Waals surface area contributed by atoms with Crippen LogP contribution in [0.2, 0.25) is 0 Å². The molecular weight excluding hydrogens is 438 g/mol. The van der Waals surface area contributed by atoms with Crippen LogP contribution < -0.4 is 19.1 Å². The maximum absolute atomic E-state index is 12.4. The number of rotatable bonds is 11. The maximum Gasteiger partial charge on any atom is 0.271 e. The van der Waals surface area contributed by atoms with Crippen molar-refractivity contribution in [1.29, 1.82) is 0 Å². The van der Waals surface area contributed by atoms with E-state index in [1.54, 1.807) is 13.2 Å². The second kappa shape index (κ2) is 10.8. The van der Waals surface area contributed by atoms with Gasteiger partial charge in [-0.05, 0) is 25.5 Å². The Morgan fingerprint density at radius 3 is 2.41 bits per heavy atom. The Labute approximate surface area is 187 Å². The van der Waals surface area contributed by atoms with Gasteiger partial charge in [0.15, 0.2) is 0 Å². The van der Waals surface area contributed by atoms with Gasteiger partial charge in [0.05, 0.1) is 31.4 Å². The molecule has 1 amide bonds. The minimum atomic E-state index is -3.78. The van der Waals surface area contributed by atoms with Crippen molar-refractivity contribution in [3.8, 4) is 11.5 Å². The van der Waals surface area contributed by atoms with E-state index in [0.717, 1.165) is 22.2 Å². The van der Waals surface area contributed by atoms with E-state index >= 15 is 0 Å². The van der Waals surface area contributed by atoms with Crippen LogP contribution in [0.1, 0.15) is 31.4 Å². The number of benzene rings is 2. The van der Waals surface area contributed by atoms with Crippen molar-refractivity contribution in [3.63, 3.8) is 0 Å². The largest absolute Gasteiger partial charge is 0.496 e. The van der Waals surface area contributed by atoms with Gasteiger partial charge in [-0.1, -0.05) is 18.2 Å². The highest BCUT2D eigenvalue weighted by Crippen LogP contribution is 2.34. The summed E-state index contributed by atoms with van der Waals surface area (Å²) >= 11 is 0. The van der Waals surface area contributed by atoms with Crippen molar-refractivity contribution < 1.29 is 27.6 Å². The van der Waals surface area contributed by atoms with Gasteiger partial charge in [-0.3, -0.25) is 19.2 Å². The first-order chi connectivity index (χ1) is 15.1. The number of nitro benzene ring substituents is 1. The number of nitrogens with one attached hydrogen (secondary N) is 1. The summed E-state index contributed by atoms with van der Waals surface area (Å²) in [5.41, 5.74) is 0.604. The predicted molar refractivity (Wildman–Crippen MR) is 121 cm³/mol. The number of methoxy groups -OCH3 is 2. The van der Waals surface area contributed by atoms with E-state index in [2.05, 4.69) is 5.32 Å². The molecule has 0 aliphatic rings. The highest BCUT2D eigenvalue weighted by Gasteiger charge is 2.24. The summed E-state index contributed by atoms with van der Waals surface area (Å²) in [6.07, 6.45) is 1.25. The molecule has 10 nitrogen and oxygen atoms in total. The van der Waals surface area contributed by atoms with E-state index in [0.29, 0.717) is 5.75 Å². The Morgan fingerprint density at radius 2 is 1.81 bits per heavy atom.